The summed E-state index contributed by atoms with van der Waals surface area (Å²) in [6.07, 6.45) is 12.2. The fourth-order valence-electron chi connectivity index (χ4n) is 3.24. The zero-order valence-corrected chi connectivity index (χ0v) is 12.2. The quantitative estimate of drug-likeness (QED) is 0.626. The summed E-state index contributed by atoms with van der Waals surface area (Å²) >= 11 is 0. The molecule has 1 saturated carbocycles. The predicted octanol–water partition coefficient (Wildman–Crippen LogP) is 4.92. The summed E-state index contributed by atoms with van der Waals surface area (Å²) in [5, 5.41) is 10.6. The van der Waals surface area contributed by atoms with E-state index in [4.69, 9.17) is 0 Å². The average Bonchev–Trinajstić information content (AvgIpc) is 2.28. The Balaban J connectivity index is 2.25. The van der Waals surface area contributed by atoms with Crippen LogP contribution < -0.4 is 0 Å². The van der Waals surface area contributed by atoms with Crippen LogP contribution in [0.1, 0.15) is 85.0 Å². The molecule has 1 aliphatic carbocycles. The van der Waals surface area contributed by atoms with Crippen molar-refractivity contribution < 1.29 is 5.11 Å². The highest BCUT2D eigenvalue weighted by Crippen LogP contribution is 2.39. The first-order valence-electron chi connectivity index (χ1n) is 7.80. The lowest BCUT2D eigenvalue weighted by atomic mass is 9.72. The minimum Gasteiger partial charge on any atom is -0.390 e. The summed E-state index contributed by atoms with van der Waals surface area (Å²) in [4.78, 5) is 0. The maximum absolute atomic E-state index is 10.6. The summed E-state index contributed by atoms with van der Waals surface area (Å²) in [5.41, 5.74) is -0.320. The average molecular weight is 240 g/mol. The van der Waals surface area contributed by atoms with Gasteiger partial charge in [-0.1, -0.05) is 59.3 Å². The van der Waals surface area contributed by atoms with Crippen LogP contribution >= 0.6 is 0 Å². The highest BCUT2D eigenvalue weighted by Gasteiger charge is 2.34. The Morgan fingerprint density at radius 1 is 1.18 bits per heavy atom. The molecule has 1 heteroatoms. The summed E-state index contributed by atoms with van der Waals surface area (Å²) in [7, 11) is 0. The van der Waals surface area contributed by atoms with Crippen molar-refractivity contribution in [3.05, 3.63) is 0 Å². The number of rotatable bonds is 7. The second-order valence-electron chi connectivity index (χ2n) is 6.49. The van der Waals surface area contributed by atoms with Crippen LogP contribution in [0.5, 0.6) is 0 Å². The van der Waals surface area contributed by atoms with Crippen molar-refractivity contribution in [1.82, 2.24) is 0 Å². The second kappa shape index (κ2) is 7.41. The van der Waals surface area contributed by atoms with Gasteiger partial charge in [0.2, 0.25) is 0 Å². The van der Waals surface area contributed by atoms with E-state index in [1.54, 1.807) is 0 Å². The number of unbranched alkanes of at least 4 members (excludes halogenated alkanes) is 4. The molecule has 1 fully saturated rings. The smallest absolute Gasteiger partial charge is 0.0650 e. The Labute approximate surface area is 108 Å². The molecule has 0 aliphatic heterocycles. The Morgan fingerprint density at radius 3 is 2.53 bits per heavy atom. The van der Waals surface area contributed by atoms with E-state index in [-0.39, 0.29) is 5.60 Å². The molecule has 0 amide bonds. The number of aliphatic hydroxyl groups is 1. The van der Waals surface area contributed by atoms with E-state index >= 15 is 0 Å². The monoisotopic (exact) mass is 240 g/mol. The zero-order valence-electron chi connectivity index (χ0n) is 12.2. The van der Waals surface area contributed by atoms with Crippen LogP contribution in [0.2, 0.25) is 0 Å². The van der Waals surface area contributed by atoms with Gasteiger partial charge in [-0.25, -0.2) is 0 Å². The second-order valence-corrected chi connectivity index (χ2v) is 6.49. The van der Waals surface area contributed by atoms with Crippen LogP contribution in [0, 0.1) is 11.8 Å². The van der Waals surface area contributed by atoms with Gasteiger partial charge in [-0.15, -0.1) is 0 Å². The molecule has 0 radical (unpaired) electrons. The van der Waals surface area contributed by atoms with Gasteiger partial charge in [0.25, 0.3) is 0 Å². The van der Waals surface area contributed by atoms with Crippen LogP contribution in [0.25, 0.3) is 0 Å². The van der Waals surface area contributed by atoms with Crippen LogP contribution in [-0.2, 0) is 0 Å². The topological polar surface area (TPSA) is 20.2 Å². The third-order valence-corrected chi connectivity index (χ3v) is 4.55. The largest absolute Gasteiger partial charge is 0.390 e. The van der Waals surface area contributed by atoms with Gasteiger partial charge in [0.1, 0.15) is 0 Å². The van der Waals surface area contributed by atoms with Crippen molar-refractivity contribution in [2.75, 3.05) is 0 Å². The lowest BCUT2D eigenvalue weighted by Gasteiger charge is -2.38. The lowest BCUT2D eigenvalue weighted by Crippen LogP contribution is -2.36. The fourth-order valence-corrected chi connectivity index (χ4v) is 3.24. The molecule has 2 unspecified atom stereocenters. The van der Waals surface area contributed by atoms with Crippen LogP contribution in [0.15, 0.2) is 0 Å². The molecule has 0 aromatic rings. The summed E-state index contributed by atoms with van der Waals surface area (Å²) in [6.45, 7) is 6.86. The van der Waals surface area contributed by atoms with E-state index in [0.29, 0.717) is 0 Å². The molecule has 102 valence electrons. The van der Waals surface area contributed by atoms with Gasteiger partial charge in [-0.05, 0) is 37.5 Å². The van der Waals surface area contributed by atoms with Gasteiger partial charge in [0.15, 0.2) is 0 Å². The highest BCUT2D eigenvalue weighted by atomic mass is 16.3. The van der Waals surface area contributed by atoms with E-state index in [1.807, 2.05) is 0 Å². The normalized spacial score (nSPS) is 29.8. The zero-order chi connectivity index (χ0) is 12.7. The van der Waals surface area contributed by atoms with Crippen LogP contribution in [0.3, 0.4) is 0 Å². The summed E-state index contributed by atoms with van der Waals surface area (Å²) in [5.74, 6) is 1.49. The van der Waals surface area contributed by atoms with Gasteiger partial charge < -0.3 is 5.11 Å². The van der Waals surface area contributed by atoms with Crippen molar-refractivity contribution in [2.24, 2.45) is 11.8 Å². The molecular formula is C16H32O. The van der Waals surface area contributed by atoms with Crippen LogP contribution in [-0.4, -0.2) is 10.7 Å². The Bertz CT molecular complexity index is 200. The van der Waals surface area contributed by atoms with Crippen molar-refractivity contribution in [3.8, 4) is 0 Å². The molecule has 17 heavy (non-hydrogen) atoms. The first-order chi connectivity index (χ1) is 8.07. The Hall–Kier alpha value is -0.0400. The van der Waals surface area contributed by atoms with E-state index in [9.17, 15) is 5.11 Å². The predicted molar refractivity (Wildman–Crippen MR) is 75.1 cm³/mol. The molecular weight excluding hydrogens is 208 g/mol. The third-order valence-electron chi connectivity index (χ3n) is 4.55. The standard InChI is InChI=1S/C16H32O/c1-4-5-6-7-8-11-16(17)12-9-10-15(13-16)14(2)3/h14-15,17H,4-13H2,1-3H3. The Morgan fingerprint density at radius 2 is 1.88 bits per heavy atom. The number of hydrogen-bond acceptors (Lipinski definition) is 1. The minimum absolute atomic E-state index is 0.320. The van der Waals surface area contributed by atoms with E-state index in [0.717, 1.165) is 31.1 Å². The molecule has 1 rings (SSSR count). The first kappa shape index (κ1) is 15.0. The van der Waals surface area contributed by atoms with Gasteiger partial charge in [0.05, 0.1) is 5.60 Å². The molecule has 1 nitrogen and oxygen atoms in total. The highest BCUT2D eigenvalue weighted by molar-refractivity contribution is 4.87. The third kappa shape index (κ3) is 5.42. The lowest BCUT2D eigenvalue weighted by molar-refractivity contribution is -0.0328. The van der Waals surface area contributed by atoms with Crippen molar-refractivity contribution >= 4 is 0 Å². The van der Waals surface area contributed by atoms with Crippen molar-refractivity contribution in [3.63, 3.8) is 0 Å². The van der Waals surface area contributed by atoms with Gasteiger partial charge in [-0.3, -0.25) is 0 Å². The van der Waals surface area contributed by atoms with Crippen molar-refractivity contribution in [2.45, 2.75) is 90.6 Å². The minimum atomic E-state index is -0.320. The summed E-state index contributed by atoms with van der Waals surface area (Å²) in [6, 6.07) is 0. The van der Waals surface area contributed by atoms with E-state index in [2.05, 4.69) is 20.8 Å². The molecule has 2 atom stereocenters. The molecule has 0 spiro atoms. The SMILES string of the molecule is CCCCCCCC1(O)CCCC(C(C)C)C1. The number of hydrogen-bond donors (Lipinski definition) is 1. The molecule has 0 bridgehead atoms. The van der Waals surface area contributed by atoms with Gasteiger partial charge in [-0.2, -0.15) is 0 Å². The van der Waals surface area contributed by atoms with Gasteiger partial charge >= 0.3 is 0 Å². The first-order valence-corrected chi connectivity index (χ1v) is 7.80. The van der Waals surface area contributed by atoms with Crippen LogP contribution in [0.4, 0.5) is 0 Å². The molecule has 1 N–H and O–H groups in total. The molecule has 0 aromatic carbocycles. The van der Waals surface area contributed by atoms with E-state index in [1.165, 1.54) is 44.9 Å². The summed E-state index contributed by atoms with van der Waals surface area (Å²) < 4.78 is 0. The maximum Gasteiger partial charge on any atom is 0.0650 e. The molecule has 0 heterocycles. The van der Waals surface area contributed by atoms with E-state index < -0.39 is 0 Å². The fraction of sp³-hybridized carbons (Fsp3) is 1.00. The maximum atomic E-state index is 10.6. The molecule has 0 aromatic heterocycles. The Kier molecular flexibility index (Phi) is 6.54. The van der Waals surface area contributed by atoms with Crippen molar-refractivity contribution in [1.29, 1.82) is 0 Å². The molecule has 0 saturated heterocycles. The molecule has 1 aliphatic rings. The van der Waals surface area contributed by atoms with Gasteiger partial charge in [0, 0.05) is 0 Å².